The number of carbonyl (C=O) groups excluding carboxylic acids is 2. The lowest BCUT2D eigenvalue weighted by molar-refractivity contribution is -0.122. The number of nitrogens with zero attached hydrogens (tertiary/aromatic N) is 1. The van der Waals surface area contributed by atoms with Crippen LogP contribution in [0.1, 0.15) is 33.8 Å². The molecule has 0 bridgehead atoms. The zero-order chi connectivity index (χ0) is 18.7. The van der Waals surface area contributed by atoms with Crippen LogP contribution < -0.4 is 10.6 Å². The molecule has 0 radical (unpaired) electrons. The van der Waals surface area contributed by atoms with Crippen molar-refractivity contribution in [2.45, 2.75) is 33.4 Å². The molecule has 8 heteroatoms. The van der Waals surface area contributed by atoms with Crippen molar-refractivity contribution in [1.82, 2.24) is 15.6 Å². The molecule has 1 atom stereocenters. The number of aryl methyl sites for hydroxylation is 2. The number of hydrogen-bond acceptors (Lipinski definition) is 6. The third-order valence-corrected chi connectivity index (χ3v) is 4.88. The first-order valence-corrected chi connectivity index (χ1v) is 8.91. The predicted octanol–water partition coefficient (Wildman–Crippen LogP) is 3.05. The Morgan fingerprint density at radius 3 is 2.73 bits per heavy atom. The molecule has 0 saturated carbocycles. The maximum absolute atomic E-state index is 12.5. The van der Waals surface area contributed by atoms with Gasteiger partial charge in [0.25, 0.3) is 5.91 Å². The van der Waals surface area contributed by atoms with Crippen LogP contribution in [-0.2, 0) is 11.3 Å². The molecule has 3 heterocycles. The average molecular weight is 373 g/mol. The first-order valence-electron chi connectivity index (χ1n) is 8.09. The lowest BCUT2D eigenvalue weighted by atomic mass is 10.3. The molecule has 26 heavy (non-hydrogen) atoms. The van der Waals surface area contributed by atoms with Crippen LogP contribution in [0.25, 0.3) is 10.8 Å². The van der Waals surface area contributed by atoms with Gasteiger partial charge in [0.15, 0.2) is 10.8 Å². The average Bonchev–Trinajstić information content (AvgIpc) is 3.33. The van der Waals surface area contributed by atoms with Gasteiger partial charge in [-0.25, -0.2) is 4.98 Å². The van der Waals surface area contributed by atoms with Crippen LogP contribution in [0.4, 0.5) is 0 Å². The highest BCUT2D eigenvalue weighted by Crippen LogP contribution is 2.29. The number of hydrogen-bond donors (Lipinski definition) is 2. The molecule has 136 valence electrons. The van der Waals surface area contributed by atoms with Gasteiger partial charge in [-0.3, -0.25) is 9.59 Å². The van der Waals surface area contributed by atoms with Crippen LogP contribution in [0.5, 0.6) is 0 Å². The van der Waals surface area contributed by atoms with Crippen molar-refractivity contribution in [3.63, 3.8) is 0 Å². The van der Waals surface area contributed by atoms with E-state index < -0.39 is 6.04 Å². The van der Waals surface area contributed by atoms with E-state index in [1.807, 2.05) is 19.1 Å². The normalized spacial score (nSPS) is 12.0. The third kappa shape index (κ3) is 4.02. The molecule has 3 aromatic rings. The van der Waals surface area contributed by atoms with Crippen LogP contribution >= 0.6 is 11.3 Å². The fraction of sp³-hybridized carbons (Fsp3) is 0.278. The Hall–Kier alpha value is -2.87. The van der Waals surface area contributed by atoms with E-state index in [-0.39, 0.29) is 18.4 Å². The molecule has 3 aromatic heterocycles. The zero-order valence-corrected chi connectivity index (χ0v) is 15.5. The number of aromatic nitrogens is 1. The minimum Gasteiger partial charge on any atom is -0.467 e. The summed E-state index contributed by atoms with van der Waals surface area (Å²) in [7, 11) is 0. The van der Waals surface area contributed by atoms with Gasteiger partial charge in [0.1, 0.15) is 22.4 Å². The van der Waals surface area contributed by atoms with E-state index in [0.717, 1.165) is 5.76 Å². The lowest BCUT2D eigenvalue weighted by Gasteiger charge is -2.13. The monoisotopic (exact) mass is 373 g/mol. The molecule has 0 saturated heterocycles. The van der Waals surface area contributed by atoms with E-state index in [9.17, 15) is 9.59 Å². The van der Waals surface area contributed by atoms with Crippen molar-refractivity contribution >= 4 is 23.2 Å². The van der Waals surface area contributed by atoms with Gasteiger partial charge < -0.3 is 19.5 Å². The Morgan fingerprint density at radius 1 is 1.27 bits per heavy atom. The second kappa shape index (κ2) is 7.57. The zero-order valence-electron chi connectivity index (χ0n) is 14.7. The molecule has 7 nitrogen and oxygen atoms in total. The third-order valence-electron chi connectivity index (χ3n) is 3.71. The number of thiazole rings is 1. The molecule has 0 spiro atoms. The minimum atomic E-state index is -0.687. The number of nitrogens with one attached hydrogen (secondary N) is 2. The van der Waals surface area contributed by atoms with Gasteiger partial charge in [0.05, 0.1) is 18.5 Å². The van der Waals surface area contributed by atoms with Gasteiger partial charge in [0, 0.05) is 0 Å². The van der Waals surface area contributed by atoms with Crippen LogP contribution in [-0.4, -0.2) is 22.8 Å². The van der Waals surface area contributed by atoms with E-state index in [1.54, 1.807) is 26.0 Å². The van der Waals surface area contributed by atoms with Crippen molar-refractivity contribution in [3.8, 4) is 10.8 Å². The summed E-state index contributed by atoms with van der Waals surface area (Å²) < 4.78 is 10.7. The van der Waals surface area contributed by atoms with Crippen molar-refractivity contribution in [3.05, 3.63) is 52.6 Å². The van der Waals surface area contributed by atoms with E-state index in [1.165, 1.54) is 17.6 Å². The quantitative estimate of drug-likeness (QED) is 0.692. The second-order valence-electron chi connectivity index (χ2n) is 5.84. The first-order chi connectivity index (χ1) is 12.4. The molecule has 3 rings (SSSR count). The van der Waals surface area contributed by atoms with Gasteiger partial charge >= 0.3 is 0 Å². The van der Waals surface area contributed by atoms with Crippen molar-refractivity contribution in [1.29, 1.82) is 0 Å². The lowest BCUT2D eigenvalue weighted by Crippen LogP contribution is -2.44. The maximum Gasteiger partial charge on any atom is 0.263 e. The van der Waals surface area contributed by atoms with Crippen molar-refractivity contribution in [2.75, 3.05) is 0 Å². The van der Waals surface area contributed by atoms with E-state index in [0.29, 0.717) is 27.1 Å². The van der Waals surface area contributed by atoms with Crippen LogP contribution in [0.2, 0.25) is 0 Å². The summed E-state index contributed by atoms with van der Waals surface area (Å²) in [5.41, 5.74) is 0.597. The van der Waals surface area contributed by atoms with Crippen molar-refractivity contribution < 1.29 is 18.4 Å². The molecule has 0 aliphatic heterocycles. The van der Waals surface area contributed by atoms with E-state index in [2.05, 4.69) is 15.6 Å². The number of rotatable bonds is 6. The summed E-state index contributed by atoms with van der Waals surface area (Å²) in [5.74, 6) is 1.42. The van der Waals surface area contributed by atoms with Gasteiger partial charge in [-0.15, -0.1) is 11.3 Å². The molecular formula is C18H19N3O4S. The van der Waals surface area contributed by atoms with Crippen LogP contribution in [0, 0.1) is 13.8 Å². The smallest absolute Gasteiger partial charge is 0.263 e. The van der Waals surface area contributed by atoms with Gasteiger partial charge in [-0.05, 0) is 45.0 Å². The topological polar surface area (TPSA) is 97.4 Å². The first kappa shape index (κ1) is 17.9. The second-order valence-corrected chi connectivity index (χ2v) is 6.84. The Kier molecular flexibility index (Phi) is 5.22. The predicted molar refractivity (Wildman–Crippen MR) is 96.8 cm³/mol. The fourth-order valence-corrected chi connectivity index (χ4v) is 3.26. The van der Waals surface area contributed by atoms with Crippen LogP contribution in [0.15, 0.2) is 39.4 Å². The van der Waals surface area contributed by atoms with Gasteiger partial charge in [-0.1, -0.05) is 0 Å². The summed E-state index contributed by atoms with van der Waals surface area (Å²) in [5, 5.41) is 6.05. The molecule has 0 aliphatic carbocycles. The molecule has 2 amide bonds. The van der Waals surface area contributed by atoms with Gasteiger partial charge in [-0.2, -0.15) is 0 Å². The Morgan fingerprint density at radius 2 is 2.08 bits per heavy atom. The summed E-state index contributed by atoms with van der Waals surface area (Å²) in [6.07, 6.45) is 1.54. The fourth-order valence-electron chi connectivity index (χ4n) is 2.33. The van der Waals surface area contributed by atoms with Gasteiger partial charge in [0.2, 0.25) is 5.91 Å². The Balaban J connectivity index is 1.62. The summed E-state index contributed by atoms with van der Waals surface area (Å²) in [6, 6.07) is 6.49. The number of amides is 2. The SMILES string of the molecule is Cc1ccc(-c2nc(C)c(C(=O)NC(C)C(=O)NCc3ccco3)s2)o1. The van der Waals surface area contributed by atoms with E-state index in [4.69, 9.17) is 8.83 Å². The number of furan rings is 2. The summed E-state index contributed by atoms with van der Waals surface area (Å²) in [4.78, 5) is 29.5. The van der Waals surface area contributed by atoms with E-state index >= 15 is 0 Å². The highest BCUT2D eigenvalue weighted by Gasteiger charge is 2.21. The Bertz CT molecular complexity index is 911. The maximum atomic E-state index is 12.5. The van der Waals surface area contributed by atoms with Crippen LogP contribution in [0.3, 0.4) is 0 Å². The molecule has 0 fully saturated rings. The minimum absolute atomic E-state index is 0.271. The molecule has 0 aliphatic rings. The van der Waals surface area contributed by atoms with Crippen molar-refractivity contribution in [2.24, 2.45) is 0 Å². The summed E-state index contributed by atoms with van der Waals surface area (Å²) >= 11 is 1.24. The summed E-state index contributed by atoms with van der Waals surface area (Å²) in [6.45, 7) is 5.50. The largest absolute Gasteiger partial charge is 0.467 e. The highest BCUT2D eigenvalue weighted by molar-refractivity contribution is 7.17. The highest BCUT2D eigenvalue weighted by atomic mass is 32.1. The Labute approximate surface area is 154 Å². The molecule has 2 N–H and O–H groups in total. The molecular weight excluding hydrogens is 354 g/mol. The molecule has 0 aromatic carbocycles. The molecule has 1 unspecified atom stereocenters. The number of carbonyl (C=O) groups is 2. The standard InChI is InChI=1S/C18H19N3O4S/c1-10-6-7-14(25-10)18-21-11(2)15(26-18)17(23)20-12(3)16(22)19-9-13-5-4-8-24-13/h4-8,12H,9H2,1-3H3,(H,19,22)(H,20,23).